The molecule has 8 heteroatoms. The molecule has 138 valence electrons. The molecule has 1 aliphatic heterocycles. The van der Waals surface area contributed by atoms with Crippen molar-refractivity contribution in [3.05, 3.63) is 47.2 Å². The Kier molecular flexibility index (Phi) is 4.77. The predicted molar refractivity (Wildman–Crippen MR) is 95.1 cm³/mol. The summed E-state index contributed by atoms with van der Waals surface area (Å²) in [6.45, 7) is 0.594. The first-order valence-corrected chi connectivity index (χ1v) is 8.10. The number of likely N-dealkylation sites (tertiary alicyclic amines) is 1. The number of benzene rings is 1. The first kappa shape index (κ1) is 18.3. The van der Waals surface area contributed by atoms with Gasteiger partial charge in [-0.25, -0.2) is 13.8 Å². The number of nitrogens with zero attached hydrogens (tertiary/aromatic N) is 2. The van der Waals surface area contributed by atoms with Gasteiger partial charge in [-0.1, -0.05) is 11.8 Å². The number of carbonyl (C=O) groups excluding carboxylic acids is 2. The SMILES string of the molecule is CN1CC[C@@H](C#Cc2cc(-c3nc(C(N)=O)c(N)cc3F)ccc2F)C1=O. The average Bonchev–Trinajstić information content (AvgIpc) is 2.93. The van der Waals surface area contributed by atoms with Crippen LogP contribution in [0, 0.1) is 29.4 Å². The fourth-order valence-corrected chi connectivity index (χ4v) is 2.79. The van der Waals surface area contributed by atoms with Crippen LogP contribution in [-0.4, -0.2) is 35.3 Å². The Hall–Kier alpha value is -3.47. The molecule has 27 heavy (non-hydrogen) atoms. The van der Waals surface area contributed by atoms with Crippen LogP contribution >= 0.6 is 0 Å². The maximum absolute atomic E-state index is 14.3. The van der Waals surface area contributed by atoms with Gasteiger partial charge in [0, 0.05) is 25.2 Å². The zero-order valence-electron chi connectivity index (χ0n) is 14.4. The van der Waals surface area contributed by atoms with Crippen molar-refractivity contribution in [2.24, 2.45) is 11.7 Å². The van der Waals surface area contributed by atoms with Gasteiger partial charge in [0.2, 0.25) is 5.91 Å². The Labute approximate surface area is 154 Å². The van der Waals surface area contributed by atoms with Gasteiger partial charge >= 0.3 is 0 Å². The van der Waals surface area contributed by atoms with Crippen LogP contribution in [0.5, 0.6) is 0 Å². The number of primary amides is 1. The van der Waals surface area contributed by atoms with Crippen LogP contribution in [0.2, 0.25) is 0 Å². The monoisotopic (exact) mass is 370 g/mol. The van der Waals surface area contributed by atoms with Gasteiger partial charge in [0.25, 0.3) is 5.91 Å². The van der Waals surface area contributed by atoms with Gasteiger partial charge in [0.1, 0.15) is 17.4 Å². The van der Waals surface area contributed by atoms with Crippen LogP contribution in [0.15, 0.2) is 24.3 Å². The number of hydrogen-bond donors (Lipinski definition) is 2. The zero-order chi connectivity index (χ0) is 19.7. The molecule has 1 atom stereocenters. The van der Waals surface area contributed by atoms with Gasteiger partial charge in [-0.2, -0.15) is 0 Å². The third-order valence-electron chi connectivity index (χ3n) is 4.29. The lowest BCUT2D eigenvalue weighted by molar-refractivity contribution is -0.128. The molecule has 2 aromatic rings. The maximum Gasteiger partial charge on any atom is 0.269 e. The van der Waals surface area contributed by atoms with E-state index in [4.69, 9.17) is 11.5 Å². The second-order valence-electron chi connectivity index (χ2n) is 6.19. The smallest absolute Gasteiger partial charge is 0.269 e. The van der Waals surface area contributed by atoms with Gasteiger partial charge in [-0.3, -0.25) is 9.59 Å². The van der Waals surface area contributed by atoms with Crippen molar-refractivity contribution in [1.82, 2.24) is 9.88 Å². The molecule has 6 nitrogen and oxygen atoms in total. The molecule has 2 amide bonds. The van der Waals surface area contributed by atoms with E-state index in [1.807, 2.05) is 0 Å². The highest BCUT2D eigenvalue weighted by atomic mass is 19.1. The molecule has 4 N–H and O–H groups in total. The minimum atomic E-state index is -0.903. The fraction of sp³-hybridized carbons (Fsp3) is 0.211. The van der Waals surface area contributed by atoms with E-state index in [0.717, 1.165) is 12.1 Å². The van der Waals surface area contributed by atoms with Gasteiger partial charge < -0.3 is 16.4 Å². The molecule has 0 unspecified atom stereocenters. The highest BCUT2D eigenvalue weighted by molar-refractivity contribution is 5.96. The highest BCUT2D eigenvalue weighted by Crippen LogP contribution is 2.26. The van der Waals surface area contributed by atoms with Crippen molar-refractivity contribution in [3.8, 4) is 23.1 Å². The summed E-state index contributed by atoms with van der Waals surface area (Å²) in [6.07, 6.45) is 0.569. The number of aromatic nitrogens is 1. The fourth-order valence-electron chi connectivity index (χ4n) is 2.79. The number of nitrogens with two attached hydrogens (primary N) is 2. The number of carbonyl (C=O) groups is 2. The summed E-state index contributed by atoms with van der Waals surface area (Å²) >= 11 is 0. The van der Waals surface area contributed by atoms with Crippen LogP contribution in [0.25, 0.3) is 11.3 Å². The molecule has 1 aromatic carbocycles. The van der Waals surface area contributed by atoms with Crippen LogP contribution < -0.4 is 11.5 Å². The van der Waals surface area contributed by atoms with E-state index in [9.17, 15) is 18.4 Å². The third kappa shape index (κ3) is 3.58. The molecule has 3 rings (SSSR count). The van der Waals surface area contributed by atoms with Crippen molar-refractivity contribution in [2.45, 2.75) is 6.42 Å². The Morgan fingerprint density at radius 3 is 2.67 bits per heavy atom. The Bertz CT molecular complexity index is 1010. The quantitative estimate of drug-likeness (QED) is 0.783. The average molecular weight is 370 g/mol. The Morgan fingerprint density at radius 2 is 2.04 bits per heavy atom. The molecule has 0 aliphatic carbocycles. The largest absolute Gasteiger partial charge is 0.397 e. The summed E-state index contributed by atoms with van der Waals surface area (Å²) in [5.74, 6) is 2.50. The number of amides is 2. The molecule has 0 radical (unpaired) electrons. The Balaban J connectivity index is 2.01. The van der Waals surface area contributed by atoms with Crippen LogP contribution in [0.1, 0.15) is 22.5 Å². The lowest BCUT2D eigenvalue weighted by atomic mass is 10.0. The van der Waals surface area contributed by atoms with Gasteiger partial charge in [-0.15, -0.1) is 0 Å². The second kappa shape index (κ2) is 7.03. The minimum absolute atomic E-state index is 0.00602. The molecule has 1 aromatic heterocycles. The zero-order valence-corrected chi connectivity index (χ0v) is 14.4. The van der Waals surface area contributed by atoms with Crippen LogP contribution in [0.4, 0.5) is 14.5 Å². The Morgan fingerprint density at radius 1 is 1.30 bits per heavy atom. The van der Waals surface area contributed by atoms with E-state index in [0.29, 0.717) is 13.0 Å². The van der Waals surface area contributed by atoms with Crippen molar-refractivity contribution >= 4 is 17.5 Å². The van der Waals surface area contributed by atoms with Crippen LogP contribution in [-0.2, 0) is 4.79 Å². The van der Waals surface area contributed by atoms with Crippen LogP contribution in [0.3, 0.4) is 0 Å². The molecular formula is C19H16F2N4O2. The maximum atomic E-state index is 14.3. The molecule has 0 bridgehead atoms. The summed E-state index contributed by atoms with van der Waals surface area (Å²) in [6, 6.07) is 4.66. The lowest BCUT2D eigenvalue weighted by Crippen LogP contribution is -2.21. The number of halogens is 2. The second-order valence-corrected chi connectivity index (χ2v) is 6.19. The van der Waals surface area contributed by atoms with E-state index in [1.165, 1.54) is 12.1 Å². The minimum Gasteiger partial charge on any atom is -0.397 e. The first-order valence-electron chi connectivity index (χ1n) is 8.10. The molecule has 1 saturated heterocycles. The van der Waals surface area contributed by atoms with Crippen molar-refractivity contribution in [1.29, 1.82) is 0 Å². The first-order chi connectivity index (χ1) is 12.8. The van der Waals surface area contributed by atoms with E-state index >= 15 is 0 Å². The molecular weight excluding hydrogens is 354 g/mol. The van der Waals surface area contributed by atoms with E-state index < -0.39 is 23.5 Å². The predicted octanol–water partition coefficient (Wildman–Crippen LogP) is 1.54. The van der Waals surface area contributed by atoms with Gasteiger partial charge in [0.05, 0.1) is 11.3 Å². The number of rotatable bonds is 2. The third-order valence-corrected chi connectivity index (χ3v) is 4.29. The summed E-state index contributed by atoms with van der Waals surface area (Å²) in [4.78, 5) is 28.7. The van der Waals surface area contributed by atoms with E-state index in [-0.39, 0.29) is 34.1 Å². The van der Waals surface area contributed by atoms with Crippen molar-refractivity contribution < 1.29 is 18.4 Å². The summed E-state index contributed by atoms with van der Waals surface area (Å²) in [7, 11) is 1.68. The number of pyridine rings is 1. The number of nitrogen functional groups attached to an aromatic ring is 1. The normalized spacial score (nSPS) is 16.2. The topological polar surface area (TPSA) is 102 Å². The summed E-state index contributed by atoms with van der Waals surface area (Å²) < 4.78 is 28.4. The molecule has 2 heterocycles. The summed E-state index contributed by atoms with van der Waals surface area (Å²) in [5.41, 5.74) is 10.3. The van der Waals surface area contributed by atoms with Crippen molar-refractivity contribution in [2.75, 3.05) is 19.3 Å². The summed E-state index contributed by atoms with van der Waals surface area (Å²) in [5, 5.41) is 0. The van der Waals surface area contributed by atoms with E-state index in [2.05, 4.69) is 16.8 Å². The lowest BCUT2D eigenvalue weighted by Gasteiger charge is -2.08. The van der Waals surface area contributed by atoms with Gasteiger partial charge in [-0.05, 0) is 24.6 Å². The number of anilines is 1. The highest BCUT2D eigenvalue weighted by Gasteiger charge is 2.27. The van der Waals surface area contributed by atoms with Gasteiger partial charge in [0.15, 0.2) is 11.5 Å². The molecule has 0 spiro atoms. The molecule has 0 saturated carbocycles. The standard InChI is InChI=1S/C19H16F2N4O2/c1-25-7-6-10(19(25)27)2-3-11-8-12(4-5-13(11)20)16-14(21)9-15(22)17(24-16)18(23)26/h4-5,8-10H,6-7,22H2,1H3,(H2,23,26)/t10-/m1/s1. The molecule has 1 aliphatic rings. The molecule has 1 fully saturated rings. The van der Waals surface area contributed by atoms with E-state index in [1.54, 1.807) is 11.9 Å². The number of hydrogen-bond acceptors (Lipinski definition) is 4. The van der Waals surface area contributed by atoms with Crippen molar-refractivity contribution in [3.63, 3.8) is 0 Å².